The summed E-state index contributed by atoms with van der Waals surface area (Å²) >= 11 is 0. The molecule has 0 saturated heterocycles. The average Bonchev–Trinajstić information content (AvgIpc) is 2.80. The van der Waals surface area contributed by atoms with Crippen molar-refractivity contribution < 1.29 is 5.11 Å². The molecule has 5 unspecified atom stereocenters. The summed E-state index contributed by atoms with van der Waals surface area (Å²) in [7, 11) is 0. The minimum Gasteiger partial charge on any atom is -0.393 e. The highest BCUT2D eigenvalue weighted by molar-refractivity contribution is 4.78. The fourth-order valence-corrected chi connectivity index (χ4v) is 7.24. The molecule has 0 aromatic heterocycles. The lowest BCUT2D eigenvalue weighted by atomic mass is 9.76. The Morgan fingerprint density at radius 1 is 0.636 bits per heavy atom. The quantitative estimate of drug-likeness (QED) is 0.286. The number of aliphatic hydroxyl groups excluding tert-OH is 1. The van der Waals surface area contributed by atoms with Gasteiger partial charge >= 0.3 is 0 Å². The summed E-state index contributed by atoms with van der Waals surface area (Å²) in [6.45, 7) is 7.40. The third-order valence-electron chi connectivity index (χ3n) is 9.83. The first kappa shape index (κ1) is 29.2. The van der Waals surface area contributed by atoms with E-state index in [-0.39, 0.29) is 6.10 Å². The van der Waals surface area contributed by atoms with Gasteiger partial charge < -0.3 is 5.11 Å². The molecule has 2 aliphatic carbocycles. The van der Waals surface area contributed by atoms with E-state index in [1.807, 2.05) is 0 Å². The second-order valence-corrected chi connectivity index (χ2v) is 12.5. The second-order valence-electron chi connectivity index (χ2n) is 12.5. The van der Waals surface area contributed by atoms with E-state index in [4.69, 9.17) is 0 Å². The number of unbranched alkanes of at least 4 members (excludes halogenated alkanes) is 2. The highest BCUT2D eigenvalue weighted by Crippen LogP contribution is 2.34. The van der Waals surface area contributed by atoms with Crippen molar-refractivity contribution in [3.05, 3.63) is 0 Å². The van der Waals surface area contributed by atoms with E-state index in [2.05, 4.69) is 20.8 Å². The molecule has 1 N–H and O–H groups in total. The predicted molar refractivity (Wildman–Crippen MR) is 147 cm³/mol. The Balaban J connectivity index is 1.60. The second kappa shape index (κ2) is 18.3. The van der Waals surface area contributed by atoms with Crippen LogP contribution in [0.4, 0.5) is 0 Å². The monoisotopic (exact) mass is 462 g/mol. The summed E-state index contributed by atoms with van der Waals surface area (Å²) in [6.07, 6.45) is 32.6. The SMILES string of the molecule is CCC(CCC1CCCCCCCCCCC1)C(C)CCCCCC(C)C1CCCCC1O. The first-order chi connectivity index (χ1) is 16.1. The maximum atomic E-state index is 10.3. The van der Waals surface area contributed by atoms with Gasteiger partial charge in [0.05, 0.1) is 6.10 Å². The smallest absolute Gasteiger partial charge is 0.0570 e. The number of rotatable bonds is 12. The van der Waals surface area contributed by atoms with Crippen LogP contribution in [-0.2, 0) is 0 Å². The van der Waals surface area contributed by atoms with Crippen molar-refractivity contribution in [2.75, 3.05) is 0 Å². The molecule has 33 heavy (non-hydrogen) atoms. The minimum atomic E-state index is -0.0142. The molecular weight excluding hydrogens is 400 g/mol. The Hall–Kier alpha value is -0.0400. The van der Waals surface area contributed by atoms with Gasteiger partial charge in [0.25, 0.3) is 0 Å². The Morgan fingerprint density at radius 2 is 1.18 bits per heavy atom. The summed E-state index contributed by atoms with van der Waals surface area (Å²) in [4.78, 5) is 0. The first-order valence-electron chi connectivity index (χ1n) is 15.8. The van der Waals surface area contributed by atoms with Crippen LogP contribution in [0.5, 0.6) is 0 Å². The highest BCUT2D eigenvalue weighted by Gasteiger charge is 2.27. The zero-order valence-electron chi connectivity index (χ0n) is 23.2. The maximum Gasteiger partial charge on any atom is 0.0570 e. The molecule has 2 rings (SSSR count). The molecule has 5 atom stereocenters. The van der Waals surface area contributed by atoms with Crippen LogP contribution >= 0.6 is 0 Å². The van der Waals surface area contributed by atoms with Crippen molar-refractivity contribution in [1.29, 1.82) is 0 Å². The van der Waals surface area contributed by atoms with Crippen molar-refractivity contribution in [3.63, 3.8) is 0 Å². The molecule has 0 aromatic carbocycles. The molecule has 2 aliphatic rings. The van der Waals surface area contributed by atoms with E-state index in [9.17, 15) is 5.11 Å². The van der Waals surface area contributed by atoms with Crippen LogP contribution in [0.25, 0.3) is 0 Å². The zero-order valence-corrected chi connectivity index (χ0v) is 23.2. The molecule has 0 radical (unpaired) electrons. The van der Waals surface area contributed by atoms with Gasteiger partial charge in [-0.3, -0.25) is 0 Å². The van der Waals surface area contributed by atoms with Crippen molar-refractivity contribution in [2.24, 2.45) is 29.6 Å². The first-order valence-corrected chi connectivity index (χ1v) is 15.8. The van der Waals surface area contributed by atoms with E-state index in [1.165, 1.54) is 141 Å². The highest BCUT2D eigenvalue weighted by atomic mass is 16.3. The molecule has 1 heteroatoms. The molecular formula is C32H62O. The fourth-order valence-electron chi connectivity index (χ4n) is 7.24. The summed E-state index contributed by atoms with van der Waals surface area (Å²) in [6, 6.07) is 0. The summed E-state index contributed by atoms with van der Waals surface area (Å²) in [5.74, 6) is 4.16. The fraction of sp³-hybridized carbons (Fsp3) is 1.00. The summed E-state index contributed by atoms with van der Waals surface area (Å²) < 4.78 is 0. The Morgan fingerprint density at radius 3 is 1.79 bits per heavy atom. The van der Waals surface area contributed by atoms with Crippen LogP contribution in [0, 0.1) is 29.6 Å². The third-order valence-corrected chi connectivity index (χ3v) is 9.83. The standard InChI is InChI=1S/C32H62O/c1-4-30(26-25-29-21-15-10-8-6-5-7-9-11-16-22-29)27(2)19-13-12-14-20-28(3)31-23-17-18-24-32(31)33/h27-33H,4-26H2,1-3H3. The van der Waals surface area contributed by atoms with Gasteiger partial charge in [-0.05, 0) is 48.9 Å². The summed E-state index contributed by atoms with van der Waals surface area (Å²) in [5.41, 5.74) is 0. The Labute approximate surface area is 209 Å². The van der Waals surface area contributed by atoms with Crippen LogP contribution < -0.4 is 0 Å². The van der Waals surface area contributed by atoms with Gasteiger partial charge in [0.1, 0.15) is 0 Å². The lowest BCUT2D eigenvalue weighted by molar-refractivity contribution is 0.0383. The molecule has 0 heterocycles. The van der Waals surface area contributed by atoms with Gasteiger partial charge in [-0.2, -0.15) is 0 Å². The number of hydrogen-bond donors (Lipinski definition) is 1. The molecule has 1 nitrogen and oxygen atoms in total. The lowest BCUT2D eigenvalue weighted by Crippen LogP contribution is -2.29. The van der Waals surface area contributed by atoms with Gasteiger partial charge in [-0.25, -0.2) is 0 Å². The van der Waals surface area contributed by atoms with E-state index in [0.29, 0.717) is 11.8 Å². The molecule has 2 saturated carbocycles. The van der Waals surface area contributed by atoms with E-state index in [0.717, 1.165) is 24.2 Å². The Kier molecular flexibility index (Phi) is 16.2. The van der Waals surface area contributed by atoms with E-state index in [1.54, 1.807) is 0 Å². The van der Waals surface area contributed by atoms with Crippen LogP contribution in [0.3, 0.4) is 0 Å². The van der Waals surface area contributed by atoms with Crippen LogP contribution in [0.2, 0.25) is 0 Å². The Bertz CT molecular complexity index is 434. The third kappa shape index (κ3) is 12.5. The van der Waals surface area contributed by atoms with Gasteiger partial charge in [0.15, 0.2) is 0 Å². The van der Waals surface area contributed by atoms with Crippen molar-refractivity contribution >= 4 is 0 Å². The van der Waals surface area contributed by atoms with E-state index >= 15 is 0 Å². The average molecular weight is 463 g/mol. The molecule has 2 fully saturated rings. The van der Waals surface area contributed by atoms with Crippen LogP contribution in [-0.4, -0.2) is 11.2 Å². The normalized spacial score (nSPS) is 27.3. The summed E-state index contributed by atoms with van der Waals surface area (Å²) in [5, 5.41) is 10.3. The van der Waals surface area contributed by atoms with E-state index < -0.39 is 0 Å². The van der Waals surface area contributed by atoms with Crippen molar-refractivity contribution in [3.8, 4) is 0 Å². The molecule has 0 amide bonds. The van der Waals surface area contributed by atoms with Gasteiger partial charge in [-0.15, -0.1) is 0 Å². The lowest BCUT2D eigenvalue weighted by Gasteiger charge is -2.32. The minimum absolute atomic E-state index is 0.0142. The molecule has 0 aromatic rings. The number of aliphatic hydroxyl groups is 1. The maximum absolute atomic E-state index is 10.3. The van der Waals surface area contributed by atoms with Crippen molar-refractivity contribution in [1.82, 2.24) is 0 Å². The van der Waals surface area contributed by atoms with Crippen molar-refractivity contribution in [2.45, 2.75) is 175 Å². The largest absolute Gasteiger partial charge is 0.393 e. The van der Waals surface area contributed by atoms with Crippen LogP contribution in [0.1, 0.15) is 168 Å². The van der Waals surface area contributed by atoms with Gasteiger partial charge in [-0.1, -0.05) is 149 Å². The number of hydrogen-bond acceptors (Lipinski definition) is 1. The molecule has 196 valence electrons. The van der Waals surface area contributed by atoms with Crippen LogP contribution in [0.15, 0.2) is 0 Å². The zero-order chi connectivity index (χ0) is 23.7. The molecule has 0 spiro atoms. The topological polar surface area (TPSA) is 20.2 Å². The predicted octanol–water partition coefficient (Wildman–Crippen LogP) is 10.5. The van der Waals surface area contributed by atoms with Gasteiger partial charge in [0.2, 0.25) is 0 Å². The van der Waals surface area contributed by atoms with Gasteiger partial charge in [0, 0.05) is 0 Å². The molecule has 0 bridgehead atoms. The molecule has 0 aliphatic heterocycles.